The van der Waals surface area contributed by atoms with E-state index in [0.29, 0.717) is 22.7 Å². The van der Waals surface area contributed by atoms with Crippen LogP contribution in [-0.4, -0.2) is 29.0 Å². The number of hydrogen-bond donors (Lipinski definition) is 3. The molecule has 0 spiro atoms. The Labute approximate surface area is 121 Å². The minimum absolute atomic E-state index is 0.0455. The molecule has 0 radical (unpaired) electrons. The molecule has 2 aromatic rings. The molecule has 2 rings (SSSR count). The maximum Gasteiger partial charge on any atom is 0.274 e. The lowest BCUT2D eigenvalue weighted by Gasteiger charge is -2.11. The van der Waals surface area contributed by atoms with Crippen molar-refractivity contribution in [2.45, 2.75) is 0 Å². The van der Waals surface area contributed by atoms with Crippen LogP contribution < -0.4 is 15.8 Å². The number of amidine groups is 1. The molecule has 1 heterocycles. The zero-order chi connectivity index (χ0) is 15.2. The number of oxime groups is 1. The van der Waals surface area contributed by atoms with Gasteiger partial charge in [0.15, 0.2) is 5.84 Å². The van der Waals surface area contributed by atoms with Gasteiger partial charge in [0.2, 0.25) is 0 Å². The number of aromatic nitrogens is 1. The molecule has 108 valence electrons. The van der Waals surface area contributed by atoms with Crippen LogP contribution in [0.25, 0.3) is 0 Å². The van der Waals surface area contributed by atoms with E-state index >= 15 is 0 Å². The highest BCUT2D eigenvalue weighted by molar-refractivity contribution is 6.04. The summed E-state index contributed by atoms with van der Waals surface area (Å²) in [6.45, 7) is 0. The van der Waals surface area contributed by atoms with Crippen molar-refractivity contribution in [3.63, 3.8) is 0 Å². The van der Waals surface area contributed by atoms with Crippen LogP contribution in [-0.2, 0) is 0 Å². The Morgan fingerprint density at radius 1 is 1.38 bits per heavy atom. The molecule has 1 amide bonds. The number of methoxy groups -OCH3 is 1. The second-order valence-electron chi connectivity index (χ2n) is 4.07. The highest BCUT2D eigenvalue weighted by Gasteiger charge is 2.12. The molecule has 0 unspecified atom stereocenters. The van der Waals surface area contributed by atoms with Gasteiger partial charge in [-0.1, -0.05) is 11.2 Å². The van der Waals surface area contributed by atoms with Crippen LogP contribution in [0.1, 0.15) is 16.1 Å². The summed E-state index contributed by atoms with van der Waals surface area (Å²) in [5.41, 5.74) is 6.74. The lowest BCUT2D eigenvalue weighted by atomic mass is 10.1. The fourth-order valence-electron chi connectivity index (χ4n) is 1.69. The third-order valence-corrected chi connectivity index (χ3v) is 2.75. The van der Waals surface area contributed by atoms with E-state index in [0.717, 1.165) is 0 Å². The van der Waals surface area contributed by atoms with Crippen LogP contribution in [0.2, 0.25) is 0 Å². The number of benzene rings is 1. The number of carbonyl (C=O) groups excluding carboxylic acids is 1. The maximum atomic E-state index is 12.0. The molecule has 0 aliphatic carbocycles. The number of ether oxygens (including phenoxy) is 1. The first kappa shape index (κ1) is 14.3. The standard InChI is InChI=1S/C14H14N4O3/c1-21-12-8-9(13(15)18-20)5-6-10(12)17-14(19)11-4-2-3-7-16-11/h2-8,20H,1H3,(H2,15,18)(H,17,19). The number of rotatable bonds is 4. The van der Waals surface area contributed by atoms with Crippen molar-refractivity contribution in [1.82, 2.24) is 4.98 Å². The molecular formula is C14H14N4O3. The zero-order valence-electron chi connectivity index (χ0n) is 11.3. The van der Waals surface area contributed by atoms with E-state index in [4.69, 9.17) is 15.7 Å². The van der Waals surface area contributed by atoms with Gasteiger partial charge in [-0.2, -0.15) is 0 Å². The van der Waals surface area contributed by atoms with Gasteiger partial charge in [-0.05, 0) is 30.3 Å². The number of carbonyl (C=O) groups is 1. The van der Waals surface area contributed by atoms with E-state index < -0.39 is 0 Å². The van der Waals surface area contributed by atoms with Gasteiger partial charge in [-0.3, -0.25) is 9.78 Å². The topological polar surface area (TPSA) is 110 Å². The SMILES string of the molecule is COc1cc(/C(N)=N/O)ccc1NC(=O)c1ccccn1. The van der Waals surface area contributed by atoms with E-state index in [1.165, 1.54) is 13.3 Å². The monoisotopic (exact) mass is 286 g/mol. The van der Waals surface area contributed by atoms with Crippen molar-refractivity contribution in [3.05, 3.63) is 53.9 Å². The number of nitrogens with two attached hydrogens (primary N) is 1. The molecule has 0 bridgehead atoms. The maximum absolute atomic E-state index is 12.0. The van der Waals surface area contributed by atoms with Gasteiger partial charge in [-0.25, -0.2) is 0 Å². The summed E-state index contributed by atoms with van der Waals surface area (Å²) in [6.07, 6.45) is 1.54. The molecule has 7 nitrogen and oxygen atoms in total. The largest absolute Gasteiger partial charge is 0.495 e. The molecule has 0 saturated carbocycles. The summed E-state index contributed by atoms with van der Waals surface area (Å²) >= 11 is 0. The fraction of sp³-hybridized carbons (Fsp3) is 0.0714. The average Bonchev–Trinajstić information content (AvgIpc) is 2.55. The van der Waals surface area contributed by atoms with Crippen molar-refractivity contribution in [2.75, 3.05) is 12.4 Å². The quantitative estimate of drug-likeness (QED) is 0.341. The molecule has 4 N–H and O–H groups in total. The van der Waals surface area contributed by atoms with Gasteiger partial charge in [0.1, 0.15) is 11.4 Å². The summed E-state index contributed by atoms with van der Waals surface area (Å²) in [5.74, 6) is -0.00951. The lowest BCUT2D eigenvalue weighted by molar-refractivity contribution is 0.102. The summed E-state index contributed by atoms with van der Waals surface area (Å²) < 4.78 is 5.19. The molecule has 1 aromatic carbocycles. The summed E-state index contributed by atoms with van der Waals surface area (Å²) in [6, 6.07) is 9.82. The van der Waals surface area contributed by atoms with E-state index in [1.807, 2.05) is 0 Å². The van der Waals surface area contributed by atoms with Crippen molar-refractivity contribution < 1.29 is 14.7 Å². The van der Waals surface area contributed by atoms with Crippen molar-refractivity contribution in [1.29, 1.82) is 0 Å². The van der Waals surface area contributed by atoms with Crippen LogP contribution >= 0.6 is 0 Å². The van der Waals surface area contributed by atoms with Crippen molar-refractivity contribution in [2.24, 2.45) is 10.9 Å². The average molecular weight is 286 g/mol. The third kappa shape index (κ3) is 3.27. The Hall–Kier alpha value is -3.09. The molecule has 0 saturated heterocycles. The number of nitrogens with zero attached hydrogens (tertiary/aromatic N) is 2. The summed E-state index contributed by atoms with van der Waals surface area (Å²) in [5, 5.41) is 14.3. The number of amides is 1. The van der Waals surface area contributed by atoms with Crippen LogP contribution in [0.5, 0.6) is 5.75 Å². The molecule has 7 heteroatoms. The molecule has 21 heavy (non-hydrogen) atoms. The van der Waals surface area contributed by atoms with Gasteiger partial charge in [0.05, 0.1) is 12.8 Å². The highest BCUT2D eigenvalue weighted by Crippen LogP contribution is 2.26. The van der Waals surface area contributed by atoms with Gasteiger partial charge < -0.3 is 21.0 Å². The van der Waals surface area contributed by atoms with Crippen molar-refractivity contribution in [3.8, 4) is 5.75 Å². The van der Waals surface area contributed by atoms with Gasteiger partial charge >= 0.3 is 0 Å². The number of anilines is 1. The molecule has 0 fully saturated rings. The van der Waals surface area contributed by atoms with Crippen LogP contribution in [0.4, 0.5) is 5.69 Å². The van der Waals surface area contributed by atoms with E-state index in [2.05, 4.69) is 15.5 Å². The summed E-state index contributed by atoms with van der Waals surface area (Å²) in [7, 11) is 1.46. The second kappa shape index (κ2) is 6.38. The Balaban J connectivity index is 2.26. The van der Waals surface area contributed by atoms with Crippen LogP contribution in [0, 0.1) is 0 Å². The Morgan fingerprint density at radius 2 is 2.19 bits per heavy atom. The van der Waals surface area contributed by atoms with E-state index in [9.17, 15) is 4.79 Å². The molecule has 0 aliphatic heterocycles. The number of nitrogens with one attached hydrogen (secondary N) is 1. The van der Waals surface area contributed by atoms with Crippen molar-refractivity contribution >= 4 is 17.4 Å². The van der Waals surface area contributed by atoms with Crippen LogP contribution in [0.15, 0.2) is 47.8 Å². The molecule has 0 aliphatic rings. The smallest absolute Gasteiger partial charge is 0.274 e. The molecular weight excluding hydrogens is 272 g/mol. The van der Waals surface area contributed by atoms with E-state index in [-0.39, 0.29) is 11.7 Å². The van der Waals surface area contributed by atoms with Gasteiger partial charge in [0, 0.05) is 11.8 Å². The van der Waals surface area contributed by atoms with Gasteiger partial charge in [-0.15, -0.1) is 0 Å². The zero-order valence-corrected chi connectivity index (χ0v) is 11.3. The Bertz CT molecular complexity index is 671. The van der Waals surface area contributed by atoms with Crippen LogP contribution in [0.3, 0.4) is 0 Å². The Kier molecular flexibility index (Phi) is 4.35. The molecule has 1 aromatic heterocycles. The van der Waals surface area contributed by atoms with Gasteiger partial charge in [0.25, 0.3) is 5.91 Å². The number of pyridine rings is 1. The second-order valence-corrected chi connectivity index (χ2v) is 4.07. The lowest BCUT2D eigenvalue weighted by Crippen LogP contribution is -2.16. The first-order valence-corrected chi connectivity index (χ1v) is 6.04. The minimum atomic E-state index is -0.356. The number of hydrogen-bond acceptors (Lipinski definition) is 5. The predicted octanol–water partition coefficient (Wildman–Crippen LogP) is 1.44. The highest BCUT2D eigenvalue weighted by atomic mass is 16.5. The predicted molar refractivity (Wildman–Crippen MR) is 77.7 cm³/mol. The minimum Gasteiger partial charge on any atom is -0.495 e. The Morgan fingerprint density at radius 3 is 2.81 bits per heavy atom. The normalized spacial score (nSPS) is 11.0. The first-order valence-electron chi connectivity index (χ1n) is 6.04. The molecule has 0 atom stereocenters. The third-order valence-electron chi connectivity index (χ3n) is 2.75. The summed E-state index contributed by atoms with van der Waals surface area (Å²) in [4.78, 5) is 16.0. The first-order chi connectivity index (χ1) is 10.2. The fourth-order valence-corrected chi connectivity index (χ4v) is 1.69. The van der Waals surface area contributed by atoms with E-state index in [1.54, 1.807) is 36.4 Å².